The highest BCUT2D eigenvalue weighted by molar-refractivity contribution is 4.94. The summed E-state index contributed by atoms with van der Waals surface area (Å²) in [6, 6.07) is 0. The minimum absolute atomic E-state index is 1.12. The van der Waals surface area contributed by atoms with Crippen LogP contribution in [0.25, 0.3) is 0 Å². The Morgan fingerprint density at radius 2 is 0.667 bits per heavy atom. The Balaban J connectivity index is 1.53. The van der Waals surface area contributed by atoms with Crippen molar-refractivity contribution in [3.8, 4) is 0 Å². The van der Waals surface area contributed by atoms with E-state index in [0.717, 1.165) is 35.5 Å². The van der Waals surface area contributed by atoms with Crippen molar-refractivity contribution >= 4 is 0 Å². The molecule has 4 rings (SSSR count). The zero-order valence-corrected chi connectivity index (χ0v) is 16.2. The summed E-state index contributed by atoms with van der Waals surface area (Å²) in [6.45, 7) is 0. The van der Waals surface area contributed by atoms with Crippen molar-refractivity contribution in [3.63, 3.8) is 0 Å². The third-order valence-electron chi connectivity index (χ3n) is 8.77. The molecular formula is C24H42. The van der Waals surface area contributed by atoms with E-state index in [1.807, 2.05) is 0 Å². The molecule has 24 heavy (non-hydrogen) atoms. The van der Waals surface area contributed by atoms with Crippen LogP contribution in [0.4, 0.5) is 0 Å². The largest absolute Gasteiger partial charge is 0.0533 e. The van der Waals surface area contributed by atoms with E-state index in [0.29, 0.717) is 0 Å². The summed E-state index contributed by atoms with van der Waals surface area (Å²) >= 11 is 0. The molecule has 0 saturated heterocycles. The Labute approximate surface area is 151 Å². The summed E-state index contributed by atoms with van der Waals surface area (Å²) in [4.78, 5) is 0. The van der Waals surface area contributed by atoms with Crippen LogP contribution in [0.15, 0.2) is 0 Å². The Kier molecular flexibility index (Phi) is 6.23. The minimum atomic E-state index is 1.12. The van der Waals surface area contributed by atoms with Crippen LogP contribution in [-0.4, -0.2) is 0 Å². The van der Waals surface area contributed by atoms with Crippen molar-refractivity contribution in [2.24, 2.45) is 35.5 Å². The SMILES string of the molecule is C1CCC(C2CCCC(C3CCCCC3)C2C2CCCCC2)CC1. The van der Waals surface area contributed by atoms with E-state index >= 15 is 0 Å². The Morgan fingerprint density at radius 3 is 1.08 bits per heavy atom. The van der Waals surface area contributed by atoms with Gasteiger partial charge in [0.15, 0.2) is 0 Å². The van der Waals surface area contributed by atoms with E-state index < -0.39 is 0 Å². The fraction of sp³-hybridized carbons (Fsp3) is 1.00. The van der Waals surface area contributed by atoms with Crippen LogP contribution >= 0.6 is 0 Å². The van der Waals surface area contributed by atoms with Gasteiger partial charge in [0.1, 0.15) is 0 Å². The highest BCUT2D eigenvalue weighted by Crippen LogP contribution is 2.53. The molecule has 0 nitrogen and oxygen atoms in total. The average molecular weight is 331 g/mol. The molecule has 138 valence electrons. The van der Waals surface area contributed by atoms with E-state index in [2.05, 4.69) is 0 Å². The van der Waals surface area contributed by atoms with Crippen LogP contribution in [-0.2, 0) is 0 Å². The lowest BCUT2D eigenvalue weighted by atomic mass is 9.55. The zero-order chi connectivity index (χ0) is 16.2. The molecule has 0 bridgehead atoms. The molecule has 4 fully saturated rings. The summed E-state index contributed by atoms with van der Waals surface area (Å²) in [7, 11) is 0. The number of hydrogen-bond acceptors (Lipinski definition) is 0. The molecule has 0 aromatic rings. The van der Waals surface area contributed by atoms with Gasteiger partial charge in [0.25, 0.3) is 0 Å². The molecule has 4 aliphatic carbocycles. The molecule has 0 N–H and O–H groups in total. The van der Waals surface area contributed by atoms with Gasteiger partial charge in [-0.15, -0.1) is 0 Å². The van der Waals surface area contributed by atoms with Gasteiger partial charge in [-0.05, 0) is 48.3 Å². The van der Waals surface area contributed by atoms with Crippen molar-refractivity contribution in [1.82, 2.24) is 0 Å². The van der Waals surface area contributed by atoms with Crippen LogP contribution in [0.2, 0.25) is 0 Å². The Morgan fingerprint density at radius 1 is 0.292 bits per heavy atom. The van der Waals surface area contributed by atoms with Gasteiger partial charge in [0.05, 0.1) is 0 Å². The minimum Gasteiger partial charge on any atom is -0.0533 e. The van der Waals surface area contributed by atoms with Gasteiger partial charge in [0.2, 0.25) is 0 Å². The molecule has 0 spiro atoms. The summed E-state index contributed by atoms with van der Waals surface area (Å²) in [5, 5.41) is 0. The molecule has 2 atom stereocenters. The Bertz CT molecular complexity index is 328. The molecule has 0 aromatic heterocycles. The third-order valence-corrected chi connectivity index (χ3v) is 8.77. The summed E-state index contributed by atoms with van der Waals surface area (Å²) in [6.07, 6.45) is 28.2. The maximum Gasteiger partial charge on any atom is -0.0324 e. The first-order valence-electron chi connectivity index (χ1n) is 11.9. The molecule has 0 aliphatic heterocycles. The lowest BCUT2D eigenvalue weighted by molar-refractivity contribution is -0.00981. The summed E-state index contributed by atoms with van der Waals surface area (Å²) < 4.78 is 0. The molecule has 2 unspecified atom stereocenters. The second kappa shape index (κ2) is 8.59. The molecule has 0 heterocycles. The fourth-order valence-corrected chi connectivity index (χ4v) is 7.73. The van der Waals surface area contributed by atoms with Crippen molar-refractivity contribution in [2.75, 3.05) is 0 Å². The van der Waals surface area contributed by atoms with Gasteiger partial charge in [-0.1, -0.05) is 103 Å². The molecule has 0 radical (unpaired) electrons. The maximum atomic E-state index is 1.61. The first-order valence-corrected chi connectivity index (χ1v) is 11.9. The van der Waals surface area contributed by atoms with Gasteiger partial charge in [-0.25, -0.2) is 0 Å². The smallest absolute Gasteiger partial charge is 0.0324 e. The van der Waals surface area contributed by atoms with E-state index in [1.165, 1.54) is 19.3 Å². The lowest BCUT2D eigenvalue weighted by Gasteiger charge is -2.51. The second-order valence-electron chi connectivity index (χ2n) is 10.0. The van der Waals surface area contributed by atoms with Crippen molar-refractivity contribution in [1.29, 1.82) is 0 Å². The van der Waals surface area contributed by atoms with Crippen LogP contribution in [0.1, 0.15) is 116 Å². The summed E-state index contributed by atoms with van der Waals surface area (Å²) in [5.41, 5.74) is 0. The first kappa shape index (κ1) is 17.4. The number of rotatable bonds is 3. The molecular weight excluding hydrogens is 288 g/mol. The molecule has 0 aromatic carbocycles. The molecule has 4 aliphatic rings. The van der Waals surface area contributed by atoms with Gasteiger partial charge < -0.3 is 0 Å². The van der Waals surface area contributed by atoms with Crippen molar-refractivity contribution < 1.29 is 0 Å². The van der Waals surface area contributed by atoms with E-state index in [4.69, 9.17) is 0 Å². The number of hydrogen-bond donors (Lipinski definition) is 0. The van der Waals surface area contributed by atoms with Crippen molar-refractivity contribution in [2.45, 2.75) is 116 Å². The summed E-state index contributed by atoms with van der Waals surface area (Å²) in [5.74, 6) is 6.78. The second-order valence-corrected chi connectivity index (χ2v) is 10.0. The van der Waals surface area contributed by atoms with Gasteiger partial charge in [-0.3, -0.25) is 0 Å². The fourth-order valence-electron chi connectivity index (χ4n) is 7.73. The van der Waals surface area contributed by atoms with E-state index in [-0.39, 0.29) is 0 Å². The zero-order valence-electron chi connectivity index (χ0n) is 16.2. The van der Waals surface area contributed by atoms with Crippen LogP contribution in [0.5, 0.6) is 0 Å². The monoisotopic (exact) mass is 330 g/mol. The van der Waals surface area contributed by atoms with Gasteiger partial charge >= 0.3 is 0 Å². The van der Waals surface area contributed by atoms with Gasteiger partial charge in [0, 0.05) is 0 Å². The quantitative estimate of drug-likeness (QED) is 0.496. The van der Waals surface area contributed by atoms with E-state index in [9.17, 15) is 0 Å². The standard InChI is InChI=1S/C24H42/c1-4-11-19(12-5-1)22-17-10-18-23(20-13-6-2-7-14-20)24(22)21-15-8-3-9-16-21/h19-24H,1-18H2. The molecule has 4 saturated carbocycles. The normalized spacial score (nSPS) is 38.2. The predicted molar refractivity (Wildman–Crippen MR) is 104 cm³/mol. The lowest BCUT2D eigenvalue weighted by Crippen LogP contribution is -2.42. The predicted octanol–water partition coefficient (Wildman–Crippen LogP) is 7.76. The van der Waals surface area contributed by atoms with E-state index in [1.54, 1.807) is 96.3 Å². The highest BCUT2D eigenvalue weighted by atomic mass is 14.5. The van der Waals surface area contributed by atoms with Crippen molar-refractivity contribution in [3.05, 3.63) is 0 Å². The Hall–Kier alpha value is 0. The molecule has 0 amide bonds. The maximum absolute atomic E-state index is 1.61. The average Bonchev–Trinajstić information content (AvgIpc) is 2.69. The van der Waals surface area contributed by atoms with Gasteiger partial charge in [-0.2, -0.15) is 0 Å². The van der Waals surface area contributed by atoms with Crippen LogP contribution < -0.4 is 0 Å². The first-order chi connectivity index (χ1) is 11.9. The van der Waals surface area contributed by atoms with Crippen LogP contribution in [0, 0.1) is 35.5 Å². The third kappa shape index (κ3) is 3.88. The topological polar surface area (TPSA) is 0 Å². The molecule has 0 heteroatoms. The van der Waals surface area contributed by atoms with Crippen LogP contribution in [0.3, 0.4) is 0 Å². The highest BCUT2D eigenvalue weighted by Gasteiger charge is 2.44.